The summed E-state index contributed by atoms with van der Waals surface area (Å²) >= 11 is 0. The second-order valence-electron chi connectivity index (χ2n) is 11.4. The van der Waals surface area contributed by atoms with Gasteiger partial charge < -0.3 is 15.4 Å². The van der Waals surface area contributed by atoms with Crippen LogP contribution in [0.4, 0.5) is 16.0 Å². The Kier molecular flexibility index (Phi) is 9.43. The summed E-state index contributed by atoms with van der Waals surface area (Å²) in [5.41, 5.74) is 7.92. The average molecular weight is 618 g/mol. The summed E-state index contributed by atoms with van der Waals surface area (Å²) in [6.45, 7) is 5.66. The van der Waals surface area contributed by atoms with Crippen LogP contribution in [0.2, 0.25) is 0 Å². The largest absolute Gasteiger partial charge is 0.493 e. The summed E-state index contributed by atoms with van der Waals surface area (Å²) < 4.78 is 48.5. The van der Waals surface area contributed by atoms with Crippen molar-refractivity contribution in [3.05, 3.63) is 95.8 Å². The van der Waals surface area contributed by atoms with Gasteiger partial charge >= 0.3 is 0 Å². The Hall–Kier alpha value is -4.51. The van der Waals surface area contributed by atoms with E-state index in [9.17, 15) is 17.6 Å². The summed E-state index contributed by atoms with van der Waals surface area (Å²) in [5, 5.41) is -0.368. The number of hydrogen-bond donors (Lipinski definition) is 2. The monoisotopic (exact) mass is 617 g/mol. The lowest BCUT2D eigenvalue weighted by atomic mass is 9.90. The molecule has 5 rings (SSSR count). The van der Waals surface area contributed by atoms with E-state index in [0.717, 1.165) is 19.3 Å². The van der Waals surface area contributed by atoms with Crippen LogP contribution in [0.1, 0.15) is 42.6 Å². The van der Waals surface area contributed by atoms with E-state index in [-0.39, 0.29) is 22.3 Å². The highest BCUT2D eigenvalue weighted by Gasteiger charge is 2.28. The van der Waals surface area contributed by atoms with Gasteiger partial charge in [-0.15, -0.1) is 0 Å². The number of nitrogen functional groups attached to an aromatic ring is 1. The Morgan fingerprint density at radius 3 is 2.48 bits per heavy atom. The maximum absolute atomic E-state index is 14.6. The van der Waals surface area contributed by atoms with E-state index in [1.54, 1.807) is 12.1 Å². The zero-order valence-corrected chi connectivity index (χ0v) is 25.6. The first kappa shape index (κ1) is 30.9. The number of benzene rings is 2. The molecule has 1 aliphatic heterocycles. The van der Waals surface area contributed by atoms with Crippen molar-refractivity contribution in [1.29, 1.82) is 0 Å². The number of aromatic nitrogens is 2. The minimum absolute atomic E-state index is 0.0113. The van der Waals surface area contributed by atoms with Crippen molar-refractivity contribution in [2.45, 2.75) is 38.1 Å². The molecule has 0 unspecified atom stereocenters. The Balaban J connectivity index is 1.45. The third kappa shape index (κ3) is 7.71. The third-order valence-electron chi connectivity index (χ3n) is 7.40. The number of anilines is 2. The number of nitrogens with zero attached hydrogens (tertiary/aromatic N) is 3. The fourth-order valence-electron chi connectivity index (χ4n) is 5.19. The number of hydrogen-bond acceptors (Lipinski definition) is 8. The van der Waals surface area contributed by atoms with Crippen LogP contribution in [0.15, 0.2) is 83.9 Å². The molecule has 230 valence electrons. The Bertz CT molecular complexity index is 1730. The van der Waals surface area contributed by atoms with Gasteiger partial charge in [0.2, 0.25) is 0 Å². The smallest absolute Gasteiger partial charge is 0.281 e. The molecule has 0 spiro atoms. The molecular formula is C33H36FN5O4S. The van der Waals surface area contributed by atoms with Crippen molar-refractivity contribution in [2.75, 3.05) is 30.3 Å². The van der Waals surface area contributed by atoms with Gasteiger partial charge in [-0.3, -0.25) is 4.79 Å². The van der Waals surface area contributed by atoms with E-state index in [4.69, 9.17) is 15.5 Å². The lowest BCUT2D eigenvalue weighted by Crippen LogP contribution is -2.38. The predicted octanol–water partition coefficient (Wildman–Crippen LogP) is 5.48. The van der Waals surface area contributed by atoms with Crippen LogP contribution in [0.3, 0.4) is 0 Å². The Morgan fingerprint density at radius 2 is 1.77 bits per heavy atom. The first-order valence-electron chi connectivity index (χ1n) is 14.6. The number of halogens is 1. The molecule has 0 bridgehead atoms. The van der Waals surface area contributed by atoms with E-state index in [0.29, 0.717) is 48.4 Å². The SMILES string of the molecule is CC(C)COc1cc(F)cc(-c2ccc(C(=O)NS(=O)(=O)c3cccc(N)n3)c(N3CCC(Cc4ccccc4)CC3)n2)c1. The van der Waals surface area contributed by atoms with Crippen LogP contribution in [-0.2, 0) is 16.4 Å². The van der Waals surface area contributed by atoms with Gasteiger partial charge in [0.05, 0.1) is 17.9 Å². The Morgan fingerprint density at radius 1 is 1.02 bits per heavy atom. The molecule has 0 radical (unpaired) electrons. The minimum atomic E-state index is -4.31. The first-order valence-corrected chi connectivity index (χ1v) is 16.1. The van der Waals surface area contributed by atoms with Crippen molar-refractivity contribution >= 4 is 27.6 Å². The molecule has 44 heavy (non-hydrogen) atoms. The predicted molar refractivity (Wildman–Crippen MR) is 168 cm³/mol. The minimum Gasteiger partial charge on any atom is -0.493 e. The molecule has 3 N–H and O–H groups in total. The van der Waals surface area contributed by atoms with Crippen LogP contribution in [-0.4, -0.2) is 44.0 Å². The molecule has 0 saturated carbocycles. The summed E-state index contributed by atoms with van der Waals surface area (Å²) in [6, 6.07) is 21.9. The van der Waals surface area contributed by atoms with Gasteiger partial charge in [0, 0.05) is 24.7 Å². The quantitative estimate of drug-likeness (QED) is 0.240. The van der Waals surface area contributed by atoms with Crippen LogP contribution >= 0.6 is 0 Å². The summed E-state index contributed by atoms with van der Waals surface area (Å²) in [4.78, 5) is 24.1. The molecule has 1 amide bonds. The van der Waals surface area contributed by atoms with Crippen molar-refractivity contribution in [1.82, 2.24) is 14.7 Å². The number of amides is 1. The molecule has 0 atom stereocenters. The molecule has 1 aliphatic rings. The summed E-state index contributed by atoms with van der Waals surface area (Å²) in [5.74, 6) is 0.0889. The van der Waals surface area contributed by atoms with Gasteiger partial charge in [-0.25, -0.2) is 19.1 Å². The molecule has 4 aromatic rings. The third-order valence-corrected chi connectivity index (χ3v) is 8.63. The maximum Gasteiger partial charge on any atom is 0.281 e. The van der Waals surface area contributed by atoms with Gasteiger partial charge in [0.25, 0.3) is 15.9 Å². The number of nitrogens with two attached hydrogens (primary N) is 1. The van der Waals surface area contributed by atoms with Gasteiger partial charge in [0.1, 0.15) is 23.2 Å². The zero-order valence-electron chi connectivity index (χ0n) is 24.7. The highest BCUT2D eigenvalue weighted by atomic mass is 32.2. The van der Waals surface area contributed by atoms with Crippen molar-refractivity contribution in [2.24, 2.45) is 11.8 Å². The fraction of sp³-hybridized carbons (Fsp3) is 0.303. The second kappa shape index (κ2) is 13.4. The lowest BCUT2D eigenvalue weighted by molar-refractivity contribution is 0.0981. The number of ether oxygens (including phenoxy) is 1. The van der Waals surface area contributed by atoms with Crippen LogP contribution in [0.5, 0.6) is 5.75 Å². The average Bonchev–Trinajstić information content (AvgIpc) is 3.00. The number of piperidine rings is 1. The summed E-state index contributed by atoms with van der Waals surface area (Å²) in [7, 11) is -4.31. The van der Waals surface area contributed by atoms with Gasteiger partial charge in [-0.1, -0.05) is 50.2 Å². The van der Waals surface area contributed by atoms with Crippen molar-refractivity contribution < 1.29 is 22.3 Å². The fourth-order valence-corrected chi connectivity index (χ4v) is 6.13. The van der Waals surface area contributed by atoms with E-state index < -0.39 is 21.7 Å². The van der Waals surface area contributed by atoms with E-state index in [2.05, 4.69) is 21.8 Å². The highest BCUT2D eigenvalue weighted by molar-refractivity contribution is 7.90. The first-order chi connectivity index (χ1) is 21.1. The number of rotatable bonds is 10. The lowest BCUT2D eigenvalue weighted by Gasteiger charge is -2.34. The topological polar surface area (TPSA) is 128 Å². The van der Waals surface area contributed by atoms with E-state index in [1.807, 2.05) is 36.9 Å². The zero-order chi connectivity index (χ0) is 31.3. The van der Waals surface area contributed by atoms with Gasteiger partial charge in [-0.05, 0) is 73.1 Å². The highest BCUT2D eigenvalue weighted by Crippen LogP contribution is 2.31. The van der Waals surface area contributed by atoms with Crippen LogP contribution in [0, 0.1) is 17.7 Å². The molecular weight excluding hydrogens is 581 g/mol. The number of sulfonamides is 1. The molecule has 0 aliphatic carbocycles. The molecule has 1 fully saturated rings. The summed E-state index contributed by atoms with van der Waals surface area (Å²) in [6.07, 6.45) is 2.67. The number of pyridine rings is 2. The maximum atomic E-state index is 14.6. The molecule has 3 heterocycles. The molecule has 11 heteroatoms. The normalized spacial score (nSPS) is 14.0. The van der Waals surface area contributed by atoms with Crippen LogP contribution < -0.4 is 20.1 Å². The van der Waals surface area contributed by atoms with Gasteiger partial charge in [-0.2, -0.15) is 8.42 Å². The molecule has 9 nitrogen and oxygen atoms in total. The van der Waals surface area contributed by atoms with E-state index >= 15 is 0 Å². The molecule has 2 aromatic carbocycles. The number of carbonyl (C=O) groups excluding carboxylic acids is 1. The molecule has 2 aromatic heterocycles. The second-order valence-corrected chi connectivity index (χ2v) is 13.0. The van der Waals surface area contributed by atoms with E-state index in [1.165, 1.54) is 42.0 Å². The standard InChI is InChI=1S/C33H36FN5O4S/c1-22(2)21-43-27-19-25(18-26(34)20-27)29-12-11-28(33(40)38-44(41,42)31-10-6-9-30(35)37-31)32(36-29)39-15-13-24(14-16-39)17-23-7-4-3-5-8-23/h3-12,18-20,22,24H,13-17,21H2,1-2H3,(H2,35,37)(H,38,40). The van der Waals surface area contributed by atoms with Gasteiger partial charge in [0.15, 0.2) is 5.03 Å². The number of carbonyl (C=O) groups is 1. The molecule has 1 saturated heterocycles. The van der Waals surface area contributed by atoms with Crippen molar-refractivity contribution in [3.8, 4) is 17.0 Å². The van der Waals surface area contributed by atoms with Crippen LogP contribution in [0.25, 0.3) is 11.3 Å². The Labute approximate surface area is 257 Å². The number of nitrogens with one attached hydrogen (secondary N) is 1. The van der Waals surface area contributed by atoms with Crippen molar-refractivity contribution in [3.63, 3.8) is 0 Å².